The minimum Gasteiger partial charge on any atom is -0.353 e. The van der Waals surface area contributed by atoms with Crippen molar-refractivity contribution in [2.45, 2.75) is 51.5 Å². The van der Waals surface area contributed by atoms with Crippen LogP contribution in [0.4, 0.5) is 11.4 Å². The van der Waals surface area contributed by atoms with Crippen LogP contribution in [0, 0.1) is 0 Å². The Balaban J connectivity index is 1.77. The van der Waals surface area contributed by atoms with Gasteiger partial charge in [0.25, 0.3) is 0 Å². The summed E-state index contributed by atoms with van der Waals surface area (Å²) in [4.78, 5) is 34.7. The molecule has 1 aliphatic carbocycles. The Morgan fingerprint density at radius 1 is 0.913 bits per heavy atom. The summed E-state index contributed by atoms with van der Waals surface area (Å²) in [6.07, 6.45) is 5.32. The summed E-state index contributed by atoms with van der Waals surface area (Å²) in [5, 5.41) is 8.24. The fourth-order valence-electron chi connectivity index (χ4n) is 2.72. The third-order valence-corrected chi connectivity index (χ3v) is 3.78. The van der Waals surface area contributed by atoms with Gasteiger partial charge in [0.15, 0.2) is 0 Å². The number of amides is 3. The summed E-state index contributed by atoms with van der Waals surface area (Å²) < 4.78 is 0. The lowest BCUT2D eigenvalue weighted by atomic mass is 9.95. The van der Waals surface area contributed by atoms with E-state index in [1.165, 1.54) is 13.3 Å². The molecule has 0 spiro atoms. The third-order valence-electron chi connectivity index (χ3n) is 3.78. The lowest BCUT2D eigenvalue weighted by Crippen LogP contribution is -2.37. The normalized spacial score (nSPS) is 14.8. The van der Waals surface area contributed by atoms with Gasteiger partial charge in [0.1, 0.15) is 6.42 Å². The van der Waals surface area contributed by atoms with E-state index >= 15 is 0 Å². The Labute approximate surface area is 136 Å². The Morgan fingerprint density at radius 3 is 2.04 bits per heavy atom. The number of benzene rings is 1. The van der Waals surface area contributed by atoms with Crippen molar-refractivity contribution in [1.29, 1.82) is 0 Å². The summed E-state index contributed by atoms with van der Waals surface area (Å²) in [5.74, 6) is -0.726. The monoisotopic (exact) mass is 317 g/mol. The van der Waals surface area contributed by atoms with Crippen molar-refractivity contribution in [1.82, 2.24) is 5.32 Å². The zero-order valence-electron chi connectivity index (χ0n) is 13.4. The standard InChI is InChI=1S/C17H23N3O3/c1-12(21)18-14-7-9-15(10-8-14)20-17(23)11-16(22)19-13-5-3-2-4-6-13/h7-10,13H,2-6,11H2,1H3,(H,18,21)(H,19,22)(H,20,23). The molecule has 1 aliphatic rings. The van der Waals surface area contributed by atoms with Crippen LogP contribution < -0.4 is 16.0 Å². The van der Waals surface area contributed by atoms with Crippen LogP contribution in [-0.2, 0) is 14.4 Å². The van der Waals surface area contributed by atoms with Gasteiger partial charge in [0.2, 0.25) is 17.7 Å². The van der Waals surface area contributed by atoms with Crippen molar-refractivity contribution < 1.29 is 14.4 Å². The van der Waals surface area contributed by atoms with E-state index in [1.54, 1.807) is 24.3 Å². The van der Waals surface area contributed by atoms with E-state index in [1.807, 2.05) is 0 Å². The Hall–Kier alpha value is -2.37. The maximum absolute atomic E-state index is 11.9. The molecule has 1 saturated carbocycles. The van der Waals surface area contributed by atoms with Crippen molar-refractivity contribution in [3.05, 3.63) is 24.3 Å². The quantitative estimate of drug-likeness (QED) is 0.729. The highest BCUT2D eigenvalue weighted by Gasteiger charge is 2.17. The third kappa shape index (κ3) is 6.10. The van der Waals surface area contributed by atoms with Gasteiger partial charge < -0.3 is 16.0 Å². The van der Waals surface area contributed by atoms with Crippen molar-refractivity contribution >= 4 is 29.1 Å². The number of carbonyl (C=O) groups excluding carboxylic acids is 3. The van der Waals surface area contributed by atoms with Crippen LogP contribution in [0.2, 0.25) is 0 Å². The summed E-state index contributed by atoms with van der Waals surface area (Å²) in [6.45, 7) is 1.43. The van der Waals surface area contributed by atoms with E-state index in [4.69, 9.17) is 0 Å². The van der Waals surface area contributed by atoms with Gasteiger partial charge in [0, 0.05) is 24.3 Å². The number of hydrogen-bond donors (Lipinski definition) is 3. The van der Waals surface area contributed by atoms with Gasteiger partial charge >= 0.3 is 0 Å². The molecule has 3 N–H and O–H groups in total. The first-order valence-corrected chi connectivity index (χ1v) is 8.00. The van der Waals surface area contributed by atoms with Gasteiger partial charge in [-0.25, -0.2) is 0 Å². The van der Waals surface area contributed by atoms with Gasteiger partial charge in [-0.1, -0.05) is 19.3 Å². The molecule has 3 amide bonds. The predicted molar refractivity (Wildman–Crippen MR) is 89.0 cm³/mol. The largest absolute Gasteiger partial charge is 0.353 e. The smallest absolute Gasteiger partial charge is 0.233 e. The van der Waals surface area contributed by atoms with E-state index in [0.717, 1.165) is 25.7 Å². The van der Waals surface area contributed by atoms with Crippen LogP contribution in [0.25, 0.3) is 0 Å². The topological polar surface area (TPSA) is 87.3 Å². The molecule has 0 aromatic heterocycles. The molecule has 6 nitrogen and oxygen atoms in total. The molecule has 0 heterocycles. The summed E-state index contributed by atoms with van der Waals surface area (Å²) >= 11 is 0. The maximum atomic E-state index is 11.9. The summed E-state index contributed by atoms with van der Waals surface area (Å²) in [6, 6.07) is 6.96. The molecule has 1 aromatic carbocycles. The fourth-order valence-corrected chi connectivity index (χ4v) is 2.72. The highest BCUT2D eigenvalue weighted by atomic mass is 16.2. The fraction of sp³-hybridized carbons (Fsp3) is 0.471. The van der Waals surface area contributed by atoms with E-state index in [0.29, 0.717) is 11.4 Å². The molecule has 124 valence electrons. The minimum absolute atomic E-state index is 0.152. The predicted octanol–water partition coefficient (Wildman–Crippen LogP) is 2.42. The molecule has 0 saturated heterocycles. The molecule has 1 fully saturated rings. The van der Waals surface area contributed by atoms with E-state index in [9.17, 15) is 14.4 Å². The Kier molecular flexibility index (Phi) is 6.14. The molecule has 6 heteroatoms. The van der Waals surface area contributed by atoms with Gasteiger partial charge in [-0.3, -0.25) is 14.4 Å². The molecule has 0 atom stereocenters. The van der Waals surface area contributed by atoms with Crippen molar-refractivity contribution in [2.75, 3.05) is 10.6 Å². The highest BCUT2D eigenvalue weighted by molar-refractivity contribution is 6.03. The van der Waals surface area contributed by atoms with Crippen LogP contribution in [0.5, 0.6) is 0 Å². The second-order valence-corrected chi connectivity index (χ2v) is 5.89. The number of rotatable bonds is 5. The highest BCUT2D eigenvalue weighted by Crippen LogP contribution is 2.17. The minimum atomic E-state index is -0.342. The van der Waals surface area contributed by atoms with Crippen LogP contribution in [0.15, 0.2) is 24.3 Å². The van der Waals surface area contributed by atoms with Crippen LogP contribution in [0.3, 0.4) is 0 Å². The van der Waals surface area contributed by atoms with Gasteiger partial charge in [-0.2, -0.15) is 0 Å². The van der Waals surface area contributed by atoms with E-state index < -0.39 is 0 Å². The number of anilines is 2. The average Bonchev–Trinajstić information content (AvgIpc) is 2.49. The van der Waals surface area contributed by atoms with Crippen molar-refractivity contribution in [3.8, 4) is 0 Å². The molecule has 0 radical (unpaired) electrons. The van der Waals surface area contributed by atoms with Gasteiger partial charge in [-0.15, -0.1) is 0 Å². The second-order valence-electron chi connectivity index (χ2n) is 5.89. The molecule has 0 unspecified atom stereocenters. The van der Waals surface area contributed by atoms with Crippen LogP contribution >= 0.6 is 0 Å². The van der Waals surface area contributed by atoms with Crippen molar-refractivity contribution in [3.63, 3.8) is 0 Å². The molecule has 1 aromatic rings. The lowest BCUT2D eigenvalue weighted by molar-refractivity contribution is -0.127. The lowest BCUT2D eigenvalue weighted by Gasteiger charge is -2.22. The Morgan fingerprint density at radius 2 is 1.48 bits per heavy atom. The molecular weight excluding hydrogens is 294 g/mol. The van der Waals surface area contributed by atoms with Crippen LogP contribution in [0.1, 0.15) is 45.4 Å². The molecule has 0 aliphatic heterocycles. The molecule has 2 rings (SSSR count). The first-order chi connectivity index (χ1) is 11.0. The second kappa shape index (κ2) is 8.31. The SMILES string of the molecule is CC(=O)Nc1ccc(NC(=O)CC(=O)NC2CCCCC2)cc1. The van der Waals surface area contributed by atoms with Crippen molar-refractivity contribution in [2.24, 2.45) is 0 Å². The molecule has 0 bridgehead atoms. The first kappa shape index (κ1) is 17.0. The van der Waals surface area contributed by atoms with Gasteiger partial charge in [0.05, 0.1) is 0 Å². The van der Waals surface area contributed by atoms with Gasteiger partial charge in [-0.05, 0) is 37.1 Å². The van der Waals surface area contributed by atoms with Crippen LogP contribution in [-0.4, -0.2) is 23.8 Å². The maximum Gasteiger partial charge on any atom is 0.233 e. The zero-order valence-corrected chi connectivity index (χ0v) is 13.4. The Bertz CT molecular complexity index is 563. The first-order valence-electron chi connectivity index (χ1n) is 8.00. The summed E-state index contributed by atoms with van der Waals surface area (Å²) in [5.41, 5.74) is 1.25. The zero-order chi connectivity index (χ0) is 16.7. The van der Waals surface area contributed by atoms with E-state index in [-0.39, 0.29) is 30.2 Å². The molecular formula is C17H23N3O3. The van der Waals surface area contributed by atoms with E-state index in [2.05, 4.69) is 16.0 Å². The number of hydrogen-bond acceptors (Lipinski definition) is 3. The molecule has 23 heavy (non-hydrogen) atoms. The number of carbonyl (C=O) groups is 3. The number of nitrogens with one attached hydrogen (secondary N) is 3. The summed E-state index contributed by atoms with van der Waals surface area (Å²) in [7, 11) is 0. The average molecular weight is 317 g/mol.